The van der Waals surface area contributed by atoms with Crippen molar-refractivity contribution in [3.05, 3.63) is 47.2 Å². The summed E-state index contributed by atoms with van der Waals surface area (Å²) in [4.78, 5) is 15.7. The van der Waals surface area contributed by atoms with Crippen molar-refractivity contribution in [1.82, 2.24) is 9.55 Å². The maximum absolute atomic E-state index is 13.9. The molecule has 0 aliphatic rings. The van der Waals surface area contributed by atoms with Crippen molar-refractivity contribution in [3.63, 3.8) is 0 Å². The molecule has 1 aromatic heterocycles. The molecule has 1 heterocycles. The van der Waals surface area contributed by atoms with Crippen LogP contribution < -0.4 is 5.73 Å². The smallest absolute Gasteiger partial charge is 0.360 e. The lowest BCUT2D eigenvalue weighted by atomic mass is 10.1. The van der Waals surface area contributed by atoms with Gasteiger partial charge in [0.25, 0.3) is 0 Å². The quantitative estimate of drug-likeness (QED) is 0.874. The highest BCUT2D eigenvalue weighted by Gasteiger charge is 2.23. The molecule has 1 atom stereocenters. The molecule has 1 aromatic carbocycles. The van der Waals surface area contributed by atoms with E-state index in [0.717, 1.165) is 0 Å². The highest BCUT2D eigenvalue weighted by atomic mass is 19.1. The van der Waals surface area contributed by atoms with Crippen molar-refractivity contribution in [1.29, 1.82) is 0 Å². The number of nitrogens with two attached hydrogens (primary N) is 1. The number of aryl methyl sites for hydroxylation is 1. The van der Waals surface area contributed by atoms with E-state index in [1.54, 1.807) is 36.6 Å². The third kappa shape index (κ3) is 2.24. The van der Waals surface area contributed by atoms with Crippen LogP contribution in [0, 0.1) is 12.7 Å². The number of carbonyl (C=O) groups excluding carboxylic acids is 1. The minimum absolute atomic E-state index is 0.0492. The van der Waals surface area contributed by atoms with Gasteiger partial charge in [0.05, 0.1) is 13.2 Å². The fourth-order valence-electron chi connectivity index (χ4n) is 2.25. The molecule has 0 aliphatic heterocycles. The number of ether oxygens (including phenoxy) is 1. The van der Waals surface area contributed by atoms with Crippen LogP contribution in [-0.4, -0.2) is 22.6 Å². The van der Waals surface area contributed by atoms with Gasteiger partial charge in [-0.2, -0.15) is 0 Å². The molecular formula is C14H16FN3O2. The van der Waals surface area contributed by atoms with Crippen LogP contribution in [0.25, 0.3) is 0 Å². The third-order valence-corrected chi connectivity index (χ3v) is 3.25. The molecule has 0 bridgehead atoms. The summed E-state index contributed by atoms with van der Waals surface area (Å²) in [5.74, 6) is -0.235. The Bertz CT molecular complexity index is 652. The van der Waals surface area contributed by atoms with Gasteiger partial charge < -0.3 is 15.0 Å². The first kappa shape index (κ1) is 14.0. The first-order chi connectivity index (χ1) is 9.47. The first-order valence-corrected chi connectivity index (χ1v) is 6.14. The SMILES string of the molecule is COC(=O)c1nc(C)n(C(C)c2ccccc2F)c1N. The van der Waals surface area contributed by atoms with Gasteiger partial charge in [0.2, 0.25) is 0 Å². The van der Waals surface area contributed by atoms with Gasteiger partial charge in [-0.25, -0.2) is 14.2 Å². The summed E-state index contributed by atoms with van der Waals surface area (Å²) in [7, 11) is 1.26. The zero-order chi connectivity index (χ0) is 14.9. The van der Waals surface area contributed by atoms with Gasteiger partial charge in [-0.3, -0.25) is 0 Å². The van der Waals surface area contributed by atoms with Gasteiger partial charge in [0, 0.05) is 5.56 Å². The molecule has 0 aliphatic carbocycles. The second kappa shape index (κ2) is 5.32. The summed E-state index contributed by atoms with van der Waals surface area (Å²) in [6.45, 7) is 3.50. The number of anilines is 1. The molecule has 0 saturated carbocycles. The largest absolute Gasteiger partial charge is 0.464 e. The topological polar surface area (TPSA) is 70.1 Å². The molecule has 2 N–H and O–H groups in total. The van der Waals surface area contributed by atoms with Crippen LogP contribution >= 0.6 is 0 Å². The zero-order valence-corrected chi connectivity index (χ0v) is 11.6. The lowest BCUT2D eigenvalue weighted by Crippen LogP contribution is -2.14. The van der Waals surface area contributed by atoms with E-state index < -0.39 is 5.97 Å². The van der Waals surface area contributed by atoms with Gasteiger partial charge in [-0.1, -0.05) is 18.2 Å². The van der Waals surface area contributed by atoms with Crippen LogP contribution in [0.3, 0.4) is 0 Å². The van der Waals surface area contributed by atoms with Gasteiger partial charge in [0.15, 0.2) is 5.69 Å². The number of nitrogen functional groups attached to an aromatic ring is 1. The van der Waals surface area contributed by atoms with Crippen molar-refractivity contribution < 1.29 is 13.9 Å². The standard InChI is InChI=1S/C14H16FN3O2/c1-8(10-6-4-5-7-11(10)15)18-9(2)17-12(13(18)16)14(19)20-3/h4-8H,16H2,1-3H3. The van der Waals surface area contributed by atoms with Gasteiger partial charge >= 0.3 is 5.97 Å². The Balaban J connectivity index is 2.51. The average molecular weight is 277 g/mol. The molecule has 6 heteroatoms. The highest BCUT2D eigenvalue weighted by Crippen LogP contribution is 2.27. The molecule has 0 radical (unpaired) electrons. The normalized spacial score (nSPS) is 12.2. The number of imidazole rings is 1. The predicted molar refractivity (Wildman–Crippen MR) is 72.9 cm³/mol. The lowest BCUT2D eigenvalue weighted by Gasteiger charge is -2.18. The van der Waals surface area contributed by atoms with Crippen molar-refractivity contribution in [3.8, 4) is 0 Å². The predicted octanol–water partition coefficient (Wildman–Crippen LogP) is 2.31. The number of methoxy groups -OCH3 is 1. The van der Waals surface area contributed by atoms with E-state index in [-0.39, 0.29) is 23.4 Å². The molecule has 0 saturated heterocycles. The van der Waals surface area contributed by atoms with E-state index in [2.05, 4.69) is 9.72 Å². The second-order valence-electron chi connectivity index (χ2n) is 4.45. The van der Waals surface area contributed by atoms with E-state index in [1.807, 2.05) is 0 Å². The summed E-state index contributed by atoms with van der Waals surface area (Å²) < 4.78 is 20.1. The molecule has 20 heavy (non-hydrogen) atoms. The fourth-order valence-corrected chi connectivity index (χ4v) is 2.25. The Morgan fingerprint density at radius 2 is 2.10 bits per heavy atom. The Hall–Kier alpha value is -2.37. The molecule has 2 rings (SSSR count). The van der Waals surface area contributed by atoms with E-state index >= 15 is 0 Å². The van der Waals surface area contributed by atoms with E-state index in [0.29, 0.717) is 11.4 Å². The van der Waals surface area contributed by atoms with Crippen molar-refractivity contribution >= 4 is 11.8 Å². The van der Waals surface area contributed by atoms with Crippen LogP contribution in [0.5, 0.6) is 0 Å². The minimum Gasteiger partial charge on any atom is -0.464 e. The number of rotatable bonds is 3. The van der Waals surface area contributed by atoms with E-state index in [9.17, 15) is 9.18 Å². The first-order valence-electron chi connectivity index (χ1n) is 6.14. The molecule has 0 amide bonds. The molecule has 0 spiro atoms. The molecule has 5 nitrogen and oxygen atoms in total. The van der Waals surface area contributed by atoms with Gasteiger partial charge in [0.1, 0.15) is 17.5 Å². The number of carbonyl (C=O) groups is 1. The van der Waals surface area contributed by atoms with Gasteiger partial charge in [-0.05, 0) is 19.9 Å². The third-order valence-electron chi connectivity index (χ3n) is 3.25. The Morgan fingerprint density at radius 3 is 2.70 bits per heavy atom. The fraction of sp³-hybridized carbons (Fsp3) is 0.286. The number of hydrogen-bond donors (Lipinski definition) is 1. The molecule has 2 aromatic rings. The number of nitrogens with zero attached hydrogens (tertiary/aromatic N) is 2. The molecule has 0 fully saturated rings. The van der Waals surface area contributed by atoms with Crippen LogP contribution in [0.2, 0.25) is 0 Å². The van der Waals surface area contributed by atoms with Crippen LogP contribution in [0.1, 0.15) is 34.8 Å². The minimum atomic E-state index is -0.606. The number of halogens is 1. The second-order valence-corrected chi connectivity index (χ2v) is 4.45. The monoisotopic (exact) mass is 277 g/mol. The van der Waals surface area contributed by atoms with Crippen molar-refractivity contribution in [2.24, 2.45) is 0 Å². The lowest BCUT2D eigenvalue weighted by molar-refractivity contribution is 0.0595. The van der Waals surface area contributed by atoms with Crippen LogP contribution in [-0.2, 0) is 4.74 Å². The number of esters is 1. The summed E-state index contributed by atoms with van der Waals surface area (Å²) in [6, 6.07) is 6.06. The summed E-state index contributed by atoms with van der Waals surface area (Å²) in [5.41, 5.74) is 6.48. The van der Waals surface area contributed by atoms with Crippen LogP contribution in [0.4, 0.5) is 10.2 Å². The summed E-state index contributed by atoms with van der Waals surface area (Å²) in [5, 5.41) is 0. The number of hydrogen-bond acceptors (Lipinski definition) is 4. The molecular weight excluding hydrogens is 261 g/mol. The maximum Gasteiger partial charge on any atom is 0.360 e. The zero-order valence-electron chi connectivity index (χ0n) is 11.6. The Morgan fingerprint density at radius 1 is 1.45 bits per heavy atom. The summed E-state index contributed by atoms with van der Waals surface area (Å²) in [6.07, 6.45) is 0. The summed E-state index contributed by atoms with van der Waals surface area (Å²) >= 11 is 0. The number of benzene rings is 1. The highest BCUT2D eigenvalue weighted by molar-refractivity contribution is 5.92. The average Bonchev–Trinajstić information content (AvgIpc) is 2.73. The van der Waals surface area contributed by atoms with E-state index in [4.69, 9.17) is 5.73 Å². The number of aromatic nitrogens is 2. The molecule has 1 unspecified atom stereocenters. The van der Waals surface area contributed by atoms with Crippen LogP contribution in [0.15, 0.2) is 24.3 Å². The Kier molecular flexibility index (Phi) is 3.74. The maximum atomic E-state index is 13.9. The van der Waals surface area contributed by atoms with Gasteiger partial charge in [-0.15, -0.1) is 0 Å². The molecule has 106 valence electrons. The van der Waals surface area contributed by atoms with E-state index in [1.165, 1.54) is 13.2 Å². The van der Waals surface area contributed by atoms with Crippen molar-refractivity contribution in [2.75, 3.05) is 12.8 Å². The Labute approximate surface area is 116 Å². The van der Waals surface area contributed by atoms with Crippen molar-refractivity contribution in [2.45, 2.75) is 19.9 Å².